The molecule has 0 heterocycles. The van der Waals surface area contributed by atoms with Gasteiger partial charge in [-0.3, -0.25) is 4.79 Å². The van der Waals surface area contributed by atoms with Gasteiger partial charge in [0.2, 0.25) is 0 Å². The molecule has 4 nitrogen and oxygen atoms in total. The third kappa shape index (κ3) is 25.3. The number of unbranched alkanes of at least 4 members (excludes halogenated alkanes) is 10. The van der Waals surface area contributed by atoms with Crippen LogP contribution in [0.3, 0.4) is 0 Å². The predicted octanol–water partition coefficient (Wildman–Crippen LogP) is 8.35. The second-order valence-electron chi connectivity index (χ2n) is 8.95. The van der Waals surface area contributed by atoms with Crippen LogP contribution in [0.5, 0.6) is 0 Å². The monoisotopic (exact) mass is 466 g/mol. The van der Waals surface area contributed by atoms with E-state index in [4.69, 9.17) is 14.2 Å². The summed E-state index contributed by atoms with van der Waals surface area (Å²) < 4.78 is 16.9. The van der Waals surface area contributed by atoms with Gasteiger partial charge in [0.25, 0.3) is 0 Å². The SMILES string of the molecule is CCCCC/C=C\C/C=C\CCCCCCCC(=O)OC(COCCCC)COCCCC. The highest BCUT2D eigenvalue weighted by Crippen LogP contribution is 2.10. The second kappa shape index (κ2) is 27.1. The number of carbonyl (C=O) groups excluding carboxylic acids is 1. The van der Waals surface area contributed by atoms with Crippen molar-refractivity contribution in [2.45, 2.75) is 130 Å². The number of hydrogen-bond acceptors (Lipinski definition) is 4. The number of allylic oxidation sites excluding steroid dienone is 4. The van der Waals surface area contributed by atoms with Crippen LogP contribution in [0, 0.1) is 0 Å². The maximum Gasteiger partial charge on any atom is 0.306 e. The molecule has 0 aliphatic heterocycles. The molecular formula is C29H54O4. The molecule has 194 valence electrons. The maximum absolute atomic E-state index is 12.2. The van der Waals surface area contributed by atoms with Crippen LogP contribution in [0.25, 0.3) is 0 Å². The van der Waals surface area contributed by atoms with Crippen molar-refractivity contribution in [3.63, 3.8) is 0 Å². The van der Waals surface area contributed by atoms with Gasteiger partial charge in [0.05, 0.1) is 13.2 Å². The summed E-state index contributed by atoms with van der Waals surface area (Å²) in [4.78, 5) is 12.2. The Morgan fingerprint density at radius 3 is 1.73 bits per heavy atom. The van der Waals surface area contributed by atoms with Gasteiger partial charge in [0, 0.05) is 19.6 Å². The molecule has 0 aromatic heterocycles. The van der Waals surface area contributed by atoms with Crippen LogP contribution in [0.1, 0.15) is 124 Å². The summed E-state index contributed by atoms with van der Waals surface area (Å²) in [6, 6.07) is 0. The first kappa shape index (κ1) is 31.9. The summed E-state index contributed by atoms with van der Waals surface area (Å²) >= 11 is 0. The van der Waals surface area contributed by atoms with Crippen molar-refractivity contribution < 1.29 is 19.0 Å². The van der Waals surface area contributed by atoms with Gasteiger partial charge in [-0.15, -0.1) is 0 Å². The molecule has 0 aromatic carbocycles. The highest BCUT2D eigenvalue weighted by molar-refractivity contribution is 5.69. The summed E-state index contributed by atoms with van der Waals surface area (Å²) in [5, 5.41) is 0. The lowest BCUT2D eigenvalue weighted by molar-refractivity contribution is -0.156. The Morgan fingerprint density at radius 1 is 0.636 bits per heavy atom. The van der Waals surface area contributed by atoms with Crippen molar-refractivity contribution in [1.29, 1.82) is 0 Å². The van der Waals surface area contributed by atoms with Crippen molar-refractivity contribution >= 4 is 5.97 Å². The predicted molar refractivity (Wildman–Crippen MR) is 141 cm³/mol. The molecule has 0 atom stereocenters. The molecule has 0 aliphatic rings. The van der Waals surface area contributed by atoms with Crippen molar-refractivity contribution in [2.75, 3.05) is 26.4 Å². The minimum Gasteiger partial charge on any atom is -0.457 e. The number of esters is 1. The van der Waals surface area contributed by atoms with Crippen molar-refractivity contribution in [2.24, 2.45) is 0 Å². The minimum absolute atomic E-state index is 0.121. The molecule has 0 spiro atoms. The number of hydrogen-bond donors (Lipinski definition) is 0. The summed E-state index contributed by atoms with van der Waals surface area (Å²) in [6.45, 7) is 8.81. The van der Waals surface area contributed by atoms with Gasteiger partial charge in [0.15, 0.2) is 0 Å². The molecule has 33 heavy (non-hydrogen) atoms. The van der Waals surface area contributed by atoms with Gasteiger partial charge in [-0.1, -0.05) is 90.0 Å². The lowest BCUT2D eigenvalue weighted by atomic mass is 10.1. The van der Waals surface area contributed by atoms with E-state index in [0.717, 1.165) is 51.4 Å². The van der Waals surface area contributed by atoms with Crippen LogP contribution in [-0.2, 0) is 19.0 Å². The van der Waals surface area contributed by atoms with E-state index in [1.54, 1.807) is 0 Å². The van der Waals surface area contributed by atoms with Gasteiger partial charge >= 0.3 is 5.97 Å². The Kier molecular flexibility index (Phi) is 26.2. The normalized spacial score (nSPS) is 11.9. The van der Waals surface area contributed by atoms with Crippen LogP contribution in [0.4, 0.5) is 0 Å². The van der Waals surface area contributed by atoms with E-state index in [2.05, 4.69) is 45.1 Å². The van der Waals surface area contributed by atoms with E-state index in [0.29, 0.717) is 32.8 Å². The first-order valence-electron chi connectivity index (χ1n) is 13.9. The molecule has 0 aliphatic carbocycles. The van der Waals surface area contributed by atoms with E-state index in [-0.39, 0.29) is 12.1 Å². The Morgan fingerprint density at radius 2 is 1.15 bits per heavy atom. The fourth-order valence-corrected chi connectivity index (χ4v) is 3.36. The zero-order valence-corrected chi connectivity index (χ0v) is 22.2. The average Bonchev–Trinajstić information content (AvgIpc) is 2.81. The summed E-state index contributed by atoms with van der Waals surface area (Å²) in [6.07, 6.45) is 26.7. The molecule has 0 rings (SSSR count). The summed E-state index contributed by atoms with van der Waals surface area (Å²) in [5.41, 5.74) is 0. The second-order valence-corrected chi connectivity index (χ2v) is 8.95. The third-order valence-corrected chi connectivity index (χ3v) is 5.52. The van der Waals surface area contributed by atoms with Gasteiger partial charge in [0.1, 0.15) is 6.10 Å². The Bertz CT molecular complexity index is 447. The smallest absolute Gasteiger partial charge is 0.306 e. The van der Waals surface area contributed by atoms with Gasteiger partial charge in [-0.25, -0.2) is 0 Å². The van der Waals surface area contributed by atoms with Crippen LogP contribution < -0.4 is 0 Å². The van der Waals surface area contributed by atoms with Crippen LogP contribution >= 0.6 is 0 Å². The fraction of sp³-hybridized carbons (Fsp3) is 0.828. The molecular weight excluding hydrogens is 412 g/mol. The molecule has 0 unspecified atom stereocenters. The third-order valence-electron chi connectivity index (χ3n) is 5.52. The van der Waals surface area contributed by atoms with Crippen LogP contribution in [0.2, 0.25) is 0 Å². The van der Waals surface area contributed by atoms with E-state index < -0.39 is 0 Å². The molecule has 0 N–H and O–H groups in total. The molecule has 0 bridgehead atoms. The first-order valence-corrected chi connectivity index (χ1v) is 13.9. The molecule has 0 radical (unpaired) electrons. The first-order chi connectivity index (χ1) is 16.2. The van der Waals surface area contributed by atoms with Gasteiger partial charge in [-0.2, -0.15) is 0 Å². The molecule has 0 saturated carbocycles. The quantitative estimate of drug-likeness (QED) is 0.0770. The van der Waals surface area contributed by atoms with Crippen molar-refractivity contribution in [3.05, 3.63) is 24.3 Å². The molecule has 0 fully saturated rings. The minimum atomic E-state index is -0.288. The van der Waals surface area contributed by atoms with Crippen LogP contribution in [-0.4, -0.2) is 38.5 Å². The Labute approximate surface area is 205 Å². The standard InChI is InChI=1S/C29H54O4/c1-4-7-10-11-12-13-14-15-16-17-18-19-20-21-22-23-29(30)33-28(26-31-24-8-5-2)27-32-25-9-6-3/h12-13,15-16,28H,4-11,14,17-27H2,1-3H3/b13-12-,16-15-. The fourth-order valence-electron chi connectivity index (χ4n) is 3.36. The number of ether oxygens (including phenoxy) is 3. The lowest BCUT2D eigenvalue weighted by Crippen LogP contribution is -2.29. The highest BCUT2D eigenvalue weighted by Gasteiger charge is 2.15. The maximum atomic E-state index is 12.2. The summed E-state index contributed by atoms with van der Waals surface area (Å²) in [7, 11) is 0. The summed E-state index contributed by atoms with van der Waals surface area (Å²) in [5.74, 6) is -0.121. The van der Waals surface area contributed by atoms with Crippen molar-refractivity contribution in [3.8, 4) is 0 Å². The van der Waals surface area contributed by atoms with Gasteiger partial charge in [-0.05, 0) is 51.4 Å². The van der Waals surface area contributed by atoms with E-state index >= 15 is 0 Å². The molecule has 0 amide bonds. The van der Waals surface area contributed by atoms with E-state index in [9.17, 15) is 4.79 Å². The van der Waals surface area contributed by atoms with E-state index in [1.807, 2.05) is 0 Å². The Balaban J connectivity index is 3.74. The Hall–Kier alpha value is -1.13. The average molecular weight is 467 g/mol. The number of carbonyl (C=O) groups is 1. The molecule has 0 saturated heterocycles. The highest BCUT2D eigenvalue weighted by atomic mass is 16.6. The van der Waals surface area contributed by atoms with Crippen LogP contribution in [0.15, 0.2) is 24.3 Å². The van der Waals surface area contributed by atoms with Crippen molar-refractivity contribution in [1.82, 2.24) is 0 Å². The van der Waals surface area contributed by atoms with E-state index in [1.165, 1.54) is 44.9 Å². The lowest BCUT2D eigenvalue weighted by Gasteiger charge is -2.18. The number of rotatable bonds is 25. The topological polar surface area (TPSA) is 44.8 Å². The molecule has 4 heteroatoms. The largest absolute Gasteiger partial charge is 0.457 e. The zero-order chi connectivity index (χ0) is 24.2. The van der Waals surface area contributed by atoms with Gasteiger partial charge < -0.3 is 14.2 Å². The zero-order valence-electron chi connectivity index (χ0n) is 22.2. The molecule has 0 aromatic rings.